The van der Waals surface area contributed by atoms with E-state index in [9.17, 15) is 31.1 Å². The topological polar surface area (TPSA) is 79.4 Å². The Morgan fingerprint density at radius 2 is 1.78 bits per heavy atom. The number of alkyl halides is 6. The second-order valence-corrected chi connectivity index (χ2v) is 9.71. The van der Waals surface area contributed by atoms with Gasteiger partial charge in [0.25, 0.3) is 0 Å². The fourth-order valence-corrected chi connectivity index (χ4v) is 4.66. The molecule has 0 radical (unpaired) electrons. The molecule has 1 atom stereocenters. The quantitative estimate of drug-likeness (QED) is 0.243. The number of aromatic nitrogens is 2. The number of nitrogens with one attached hydrogen (secondary N) is 2. The van der Waals surface area contributed by atoms with E-state index in [1.54, 1.807) is 24.3 Å². The molecule has 1 aliphatic heterocycles. The number of thiocarbonyl (C=S) groups is 1. The van der Waals surface area contributed by atoms with Crippen LogP contribution in [0.5, 0.6) is 11.6 Å². The van der Waals surface area contributed by atoms with Crippen molar-refractivity contribution in [1.82, 2.24) is 20.2 Å². The predicted molar refractivity (Wildman–Crippen MR) is 143 cm³/mol. The average Bonchev–Trinajstić information content (AvgIpc) is 3.37. The van der Waals surface area contributed by atoms with E-state index in [0.717, 1.165) is 12.1 Å². The zero-order valence-electron chi connectivity index (χ0n) is 21.6. The van der Waals surface area contributed by atoms with E-state index >= 15 is 0 Å². The molecule has 1 aromatic heterocycles. The number of carbonyl (C=O) groups is 1. The number of hydrogen-bond acceptors (Lipinski definition) is 6. The highest BCUT2D eigenvalue weighted by molar-refractivity contribution is 7.80. The summed E-state index contributed by atoms with van der Waals surface area (Å²) in [6.45, 7) is 1.60. The van der Waals surface area contributed by atoms with E-state index in [-0.39, 0.29) is 60.1 Å². The Hall–Kier alpha value is -3.78. The molecular weight excluding hydrogens is 572 g/mol. The number of carbonyl (C=O) groups excluding carboxylic acids is 1. The molecule has 2 N–H and O–H groups in total. The molecular formula is C27H25F6N5O2S. The summed E-state index contributed by atoms with van der Waals surface area (Å²) in [5.41, 5.74) is 0.104. The van der Waals surface area contributed by atoms with Crippen molar-refractivity contribution in [1.29, 1.82) is 0 Å². The van der Waals surface area contributed by atoms with Gasteiger partial charge in [0.1, 0.15) is 11.9 Å². The molecule has 14 heteroatoms. The van der Waals surface area contributed by atoms with Crippen molar-refractivity contribution in [2.45, 2.75) is 44.6 Å². The molecule has 1 aliphatic rings. The van der Waals surface area contributed by atoms with Crippen LogP contribution in [-0.4, -0.2) is 51.2 Å². The summed E-state index contributed by atoms with van der Waals surface area (Å²) in [5, 5.41) is 5.29. The van der Waals surface area contributed by atoms with Gasteiger partial charge in [0, 0.05) is 31.5 Å². The number of anilines is 1. The molecule has 0 aliphatic carbocycles. The van der Waals surface area contributed by atoms with Crippen LogP contribution in [0.25, 0.3) is 11.3 Å². The third-order valence-corrected chi connectivity index (χ3v) is 6.46. The Bertz CT molecular complexity index is 1400. The van der Waals surface area contributed by atoms with Gasteiger partial charge in [-0.15, -0.1) is 0 Å². The number of halogens is 6. The molecule has 1 unspecified atom stereocenters. The van der Waals surface area contributed by atoms with Gasteiger partial charge in [0.2, 0.25) is 11.8 Å². The van der Waals surface area contributed by atoms with Gasteiger partial charge in [-0.25, -0.2) is 4.98 Å². The predicted octanol–water partition coefficient (Wildman–Crippen LogP) is 6.36. The summed E-state index contributed by atoms with van der Waals surface area (Å²) in [5.74, 6) is 0.0380. The van der Waals surface area contributed by atoms with Crippen molar-refractivity contribution in [2.24, 2.45) is 0 Å². The molecule has 1 fully saturated rings. The molecule has 2 aromatic carbocycles. The van der Waals surface area contributed by atoms with Gasteiger partial charge in [-0.2, -0.15) is 31.3 Å². The maximum absolute atomic E-state index is 13.4. The van der Waals surface area contributed by atoms with Crippen molar-refractivity contribution in [3.63, 3.8) is 0 Å². The van der Waals surface area contributed by atoms with Crippen LogP contribution in [-0.2, 0) is 17.4 Å². The minimum absolute atomic E-state index is 0.00838. The van der Waals surface area contributed by atoms with Gasteiger partial charge in [-0.1, -0.05) is 24.3 Å². The van der Waals surface area contributed by atoms with Crippen LogP contribution in [0.2, 0.25) is 0 Å². The molecule has 218 valence electrons. The highest BCUT2D eigenvalue weighted by Gasteiger charge is 2.45. The Morgan fingerprint density at radius 1 is 1.07 bits per heavy atom. The second kappa shape index (κ2) is 12.4. The van der Waals surface area contributed by atoms with E-state index in [2.05, 4.69) is 20.6 Å². The summed E-state index contributed by atoms with van der Waals surface area (Å²) in [4.78, 5) is 21.5. The normalized spacial score (nSPS) is 15.9. The number of benzene rings is 2. The summed E-state index contributed by atoms with van der Waals surface area (Å²) < 4.78 is 85.5. The number of nitrogens with zero attached hydrogens (tertiary/aromatic N) is 3. The van der Waals surface area contributed by atoms with Crippen molar-refractivity contribution >= 4 is 28.9 Å². The maximum atomic E-state index is 13.4. The molecule has 7 nitrogen and oxygen atoms in total. The van der Waals surface area contributed by atoms with E-state index in [0.29, 0.717) is 17.7 Å². The maximum Gasteiger partial charge on any atom is 0.416 e. The van der Waals surface area contributed by atoms with E-state index < -0.39 is 24.0 Å². The highest BCUT2D eigenvalue weighted by atomic mass is 32.1. The van der Waals surface area contributed by atoms with Crippen molar-refractivity contribution in [3.05, 3.63) is 66.0 Å². The first-order valence-electron chi connectivity index (χ1n) is 12.5. The third kappa shape index (κ3) is 8.13. The van der Waals surface area contributed by atoms with Crippen molar-refractivity contribution in [2.75, 3.05) is 18.4 Å². The number of amides is 1. The first kappa shape index (κ1) is 30.2. The Kier molecular flexibility index (Phi) is 9.12. The molecule has 0 bridgehead atoms. The average molecular weight is 598 g/mol. The van der Waals surface area contributed by atoms with Gasteiger partial charge in [-0.05, 0) is 55.9 Å². The first-order valence-corrected chi connectivity index (χ1v) is 12.9. The lowest BCUT2D eigenvalue weighted by Crippen LogP contribution is -2.42. The summed E-state index contributed by atoms with van der Waals surface area (Å²) in [6.07, 6.45) is -8.42. The molecule has 2 heterocycles. The van der Waals surface area contributed by atoms with Crippen molar-refractivity contribution in [3.8, 4) is 22.9 Å². The minimum Gasteiger partial charge on any atom is -0.437 e. The zero-order valence-corrected chi connectivity index (χ0v) is 22.5. The lowest BCUT2D eigenvalue weighted by molar-refractivity contribution is -0.175. The third-order valence-electron chi connectivity index (χ3n) is 6.26. The van der Waals surface area contributed by atoms with Crippen LogP contribution in [0.3, 0.4) is 0 Å². The minimum atomic E-state index is -4.52. The Morgan fingerprint density at radius 3 is 2.44 bits per heavy atom. The number of ether oxygens (including phenoxy) is 1. The van der Waals surface area contributed by atoms with Crippen LogP contribution in [0.4, 0.5) is 32.0 Å². The standard InChI is InChI=1S/C27H25F6N5O2S/c1-16(39)34-25(41)36-19-5-2-3-6-21(19)40-24-15-20(17-8-10-18(11-9-17)26(28,29)30)35-23(37-24)12-14-38-13-4-7-22(38)27(31,32)33/h2-3,5-6,8-11,15,22H,4,7,12-14H2,1H3,(H2,34,36,39,41). The molecule has 0 saturated carbocycles. The molecule has 3 aromatic rings. The van der Waals surface area contributed by atoms with Gasteiger partial charge >= 0.3 is 12.4 Å². The van der Waals surface area contributed by atoms with Crippen LogP contribution < -0.4 is 15.4 Å². The fraction of sp³-hybridized carbons (Fsp3) is 0.333. The summed E-state index contributed by atoms with van der Waals surface area (Å²) in [6, 6.07) is 10.8. The molecule has 1 amide bonds. The first-order chi connectivity index (χ1) is 19.3. The SMILES string of the molecule is CC(=O)NC(=S)Nc1ccccc1Oc1cc(-c2ccc(C(F)(F)F)cc2)nc(CCN2CCCC2C(F)(F)F)n1. The fourth-order valence-electron chi connectivity index (χ4n) is 4.41. The van der Waals surface area contributed by atoms with Crippen LogP contribution in [0.1, 0.15) is 31.2 Å². The Labute approximate surface area is 236 Å². The van der Waals surface area contributed by atoms with Crippen LogP contribution >= 0.6 is 12.2 Å². The summed E-state index contributed by atoms with van der Waals surface area (Å²) >= 11 is 5.11. The van der Waals surface area contributed by atoms with Gasteiger partial charge in [0.15, 0.2) is 10.9 Å². The molecule has 41 heavy (non-hydrogen) atoms. The number of rotatable bonds is 7. The van der Waals surface area contributed by atoms with Gasteiger partial charge in [-0.3, -0.25) is 9.69 Å². The van der Waals surface area contributed by atoms with Gasteiger partial charge < -0.3 is 15.4 Å². The second-order valence-electron chi connectivity index (χ2n) is 9.30. The lowest BCUT2D eigenvalue weighted by Gasteiger charge is -2.26. The number of para-hydroxylation sites is 2. The van der Waals surface area contributed by atoms with Crippen LogP contribution in [0, 0.1) is 0 Å². The summed E-state index contributed by atoms with van der Waals surface area (Å²) in [7, 11) is 0. The number of hydrogen-bond donors (Lipinski definition) is 2. The molecule has 1 saturated heterocycles. The van der Waals surface area contributed by atoms with E-state index in [1.165, 1.54) is 30.0 Å². The van der Waals surface area contributed by atoms with Gasteiger partial charge in [0.05, 0.1) is 16.9 Å². The smallest absolute Gasteiger partial charge is 0.416 e. The van der Waals surface area contributed by atoms with Crippen molar-refractivity contribution < 1.29 is 35.9 Å². The zero-order chi connectivity index (χ0) is 29.8. The monoisotopic (exact) mass is 597 g/mol. The molecule has 0 spiro atoms. The molecule has 4 rings (SSSR count). The van der Waals surface area contributed by atoms with E-state index in [4.69, 9.17) is 17.0 Å². The lowest BCUT2D eigenvalue weighted by atomic mass is 10.1. The highest BCUT2D eigenvalue weighted by Crippen LogP contribution is 2.34. The van der Waals surface area contributed by atoms with E-state index in [1.807, 2.05) is 0 Å². The Balaban J connectivity index is 1.64. The van der Waals surface area contributed by atoms with Crippen LogP contribution in [0.15, 0.2) is 54.6 Å². The largest absolute Gasteiger partial charge is 0.437 e. The number of likely N-dealkylation sites (tertiary alicyclic amines) is 1.